The molecule has 138 valence electrons. The Morgan fingerprint density at radius 2 is 1.74 bits per heavy atom. The van der Waals surface area contributed by atoms with Gasteiger partial charge in [-0.15, -0.1) is 0 Å². The van der Waals surface area contributed by atoms with Crippen LogP contribution in [0.2, 0.25) is 0 Å². The molecule has 1 heterocycles. The molecule has 1 saturated heterocycles. The lowest BCUT2D eigenvalue weighted by molar-refractivity contribution is -0.122. The van der Waals surface area contributed by atoms with Gasteiger partial charge in [-0.3, -0.25) is 19.8 Å². The highest BCUT2D eigenvalue weighted by molar-refractivity contribution is 7.80. The van der Waals surface area contributed by atoms with E-state index < -0.39 is 11.8 Å². The van der Waals surface area contributed by atoms with Crippen molar-refractivity contribution >= 4 is 40.9 Å². The minimum atomic E-state index is -0.502. The maximum absolute atomic E-state index is 13.0. The first-order valence-electron chi connectivity index (χ1n) is 8.60. The molecule has 1 N–H and O–H groups in total. The fourth-order valence-corrected chi connectivity index (χ4v) is 3.05. The molecular formula is C21H20N2O3S. The molecule has 27 heavy (non-hydrogen) atoms. The molecule has 0 bridgehead atoms. The Bertz CT molecular complexity index is 933. The van der Waals surface area contributed by atoms with Crippen LogP contribution in [0, 0.1) is 6.92 Å². The van der Waals surface area contributed by atoms with E-state index in [0.717, 1.165) is 16.9 Å². The van der Waals surface area contributed by atoms with Gasteiger partial charge in [-0.25, -0.2) is 0 Å². The average Bonchev–Trinajstić information content (AvgIpc) is 2.61. The van der Waals surface area contributed by atoms with Gasteiger partial charge in [0.1, 0.15) is 11.3 Å². The predicted molar refractivity (Wildman–Crippen MR) is 110 cm³/mol. The van der Waals surface area contributed by atoms with Gasteiger partial charge < -0.3 is 4.74 Å². The molecule has 1 aliphatic rings. The quantitative estimate of drug-likeness (QED) is 0.500. The first kappa shape index (κ1) is 18.8. The summed E-state index contributed by atoms with van der Waals surface area (Å²) < 4.78 is 5.61. The zero-order valence-corrected chi connectivity index (χ0v) is 16.2. The van der Waals surface area contributed by atoms with Crippen molar-refractivity contribution in [1.29, 1.82) is 0 Å². The Hall–Kier alpha value is -2.99. The number of hydrogen-bond donors (Lipinski definition) is 1. The molecule has 0 spiro atoms. The molecule has 6 heteroatoms. The number of benzene rings is 2. The molecule has 1 aliphatic heterocycles. The topological polar surface area (TPSA) is 58.6 Å². The van der Waals surface area contributed by atoms with Crippen molar-refractivity contribution in [3.63, 3.8) is 0 Å². The van der Waals surface area contributed by atoms with E-state index in [4.69, 9.17) is 17.0 Å². The molecular weight excluding hydrogens is 360 g/mol. The third-order valence-corrected chi connectivity index (χ3v) is 4.31. The van der Waals surface area contributed by atoms with E-state index in [1.807, 2.05) is 39.0 Å². The third kappa shape index (κ3) is 4.06. The van der Waals surface area contributed by atoms with E-state index in [2.05, 4.69) is 5.32 Å². The average molecular weight is 380 g/mol. The Balaban J connectivity index is 1.93. The number of ether oxygens (including phenoxy) is 1. The monoisotopic (exact) mass is 380 g/mol. The lowest BCUT2D eigenvalue weighted by atomic mass is 10.1. The second-order valence-electron chi connectivity index (χ2n) is 6.48. The number of nitrogens with one attached hydrogen (secondary N) is 1. The van der Waals surface area contributed by atoms with E-state index in [1.54, 1.807) is 36.4 Å². The Morgan fingerprint density at radius 1 is 1.07 bits per heavy atom. The Labute approximate surface area is 163 Å². The lowest BCUT2D eigenvalue weighted by Crippen LogP contribution is -2.54. The van der Waals surface area contributed by atoms with Gasteiger partial charge in [0, 0.05) is 0 Å². The molecule has 0 aliphatic carbocycles. The summed E-state index contributed by atoms with van der Waals surface area (Å²) in [6.45, 7) is 5.78. The summed E-state index contributed by atoms with van der Waals surface area (Å²) in [5, 5.41) is 2.68. The Morgan fingerprint density at radius 3 is 2.37 bits per heavy atom. The summed E-state index contributed by atoms with van der Waals surface area (Å²) in [6.07, 6.45) is 1.63. The highest BCUT2D eigenvalue weighted by Crippen LogP contribution is 2.25. The number of amides is 2. The van der Waals surface area contributed by atoms with Crippen molar-refractivity contribution in [3.05, 3.63) is 65.2 Å². The molecule has 1 fully saturated rings. The number of para-hydroxylation sites is 1. The standard InChI is InChI=1S/C21H20N2O3S/c1-13(2)26-16-10-8-15(9-11-16)12-17-19(24)22-21(27)23(20(17)25)18-7-5-4-6-14(18)3/h4-13H,1-3H3,(H,22,24,27)/b17-12+. The summed E-state index contributed by atoms with van der Waals surface area (Å²) in [6, 6.07) is 14.6. The van der Waals surface area contributed by atoms with Crippen LogP contribution in [0.15, 0.2) is 54.1 Å². The van der Waals surface area contributed by atoms with Crippen LogP contribution in [0.1, 0.15) is 25.0 Å². The van der Waals surface area contributed by atoms with Crippen molar-refractivity contribution in [3.8, 4) is 5.75 Å². The second-order valence-corrected chi connectivity index (χ2v) is 6.87. The van der Waals surface area contributed by atoms with Crippen LogP contribution in [-0.2, 0) is 9.59 Å². The molecule has 0 unspecified atom stereocenters. The smallest absolute Gasteiger partial charge is 0.270 e. The SMILES string of the molecule is Cc1ccccc1N1C(=O)/C(=C/c2ccc(OC(C)C)cc2)C(=O)NC1=S. The highest BCUT2D eigenvalue weighted by atomic mass is 32.1. The first-order chi connectivity index (χ1) is 12.9. The van der Waals surface area contributed by atoms with Crippen LogP contribution in [0.25, 0.3) is 6.08 Å². The van der Waals surface area contributed by atoms with E-state index in [0.29, 0.717) is 5.69 Å². The summed E-state index contributed by atoms with van der Waals surface area (Å²) in [5.74, 6) is -0.216. The van der Waals surface area contributed by atoms with E-state index in [9.17, 15) is 9.59 Å². The van der Waals surface area contributed by atoms with Gasteiger partial charge in [0.05, 0.1) is 11.8 Å². The number of aryl methyl sites for hydroxylation is 1. The molecule has 2 aromatic carbocycles. The first-order valence-corrected chi connectivity index (χ1v) is 9.01. The fourth-order valence-electron chi connectivity index (χ4n) is 2.77. The van der Waals surface area contributed by atoms with E-state index in [-0.39, 0.29) is 16.8 Å². The fraction of sp³-hybridized carbons (Fsp3) is 0.190. The molecule has 2 amide bonds. The van der Waals surface area contributed by atoms with E-state index in [1.165, 1.54) is 4.90 Å². The number of anilines is 1. The number of thiocarbonyl (C=S) groups is 1. The summed E-state index contributed by atoms with van der Waals surface area (Å²) in [4.78, 5) is 26.7. The molecule has 2 aromatic rings. The number of carbonyl (C=O) groups excluding carboxylic acids is 2. The molecule has 0 saturated carbocycles. The second kappa shape index (κ2) is 7.72. The highest BCUT2D eigenvalue weighted by Gasteiger charge is 2.34. The number of rotatable bonds is 4. The van der Waals surface area contributed by atoms with Crippen LogP contribution in [0.5, 0.6) is 5.75 Å². The van der Waals surface area contributed by atoms with Gasteiger partial charge in [-0.05, 0) is 68.4 Å². The van der Waals surface area contributed by atoms with Crippen molar-refractivity contribution < 1.29 is 14.3 Å². The zero-order valence-electron chi connectivity index (χ0n) is 15.4. The molecule has 3 rings (SSSR count). The largest absolute Gasteiger partial charge is 0.491 e. The van der Waals surface area contributed by atoms with Crippen LogP contribution in [-0.4, -0.2) is 23.0 Å². The maximum atomic E-state index is 13.0. The van der Waals surface area contributed by atoms with Gasteiger partial charge in [0.25, 0.3) is 11.8 Å². The van der Waals surface area contributed by atoms with Gasteiger partial charge in [0.2, 0.25) is 0 Å². The summed E-state index contributed by atoms with van der Waals surface area (Å²) >= 11 is 5.23. The van der Waals surface area contributed by atoms with Gasteiger partial charge in [-0.1, -0.05) is 30.3 Å². The number of hydrogen-bond acceptors (Lipinski definition) is 4. The number of carbonyl (C=O) groups is 2. The number of nitrogens with zero attached hydrogens (tertiary/aromatic N) is 1. The Kier molecular flexibility index (Phi) is 5.37. The van der Waals surface area contributed by atoms with Crippen LogP contribution in [0.3, 0.4) is 0 Å². The minimum absolute atomic E-state index is 0.0318. The van der Waals surface area contributed by atoms with Crippen LogP contribution in [0.4, 0.5) is 5.69 Å². The minimum Gasteiger partial charge on any atom is -0.491 e. The molecule has 0 radical (unpaired) electrons. The normalized spacial score (nSPS) is 16.1. The maximum Gasteiger partial charge on any atom is 0.270 e. The third-order valence-electron chi connectivity index (χ3n) is 4.02. The lowest BCUT2D eigenvalue weighted by Gasteiger charge is -2.30. The van der Waals surface area contributed by atoms with Crippen LogP contribution < -0.4 is 15.0 Å². The van der Waals surface area contributed by atoms with Crippen LogP contribution >= 0.6 is 12.2 Å². The molecule has 0 aromatic heterocycles. The van der Waals surface area contributed by atoms with E-state index >= 15 is 0 Å². The predicted octanol–water partition coefficient (Wildman–Crippen LogP) is 3.61. The van der Waals surface area contributed by atoms with Gasteiger partial charge in [0.15, 0.2) is 5.11 Å². The molecule has 5 nitrogen and oxygen atoms in total. The van der Waals surface area contributed by atoms with Crippen molar-refractivity contribution in [2.24, 2.45) is 0 Å². The van der Waals surface area contributed by atoms with Crippen molar-refractivity contribution in [1.82, 2.24) is 5.32 Å². The summed E-state index contributed by atoms with van der Waals surface area (Å²) in [7, 11) is 0. The van der Waals surface area contributed by atoms with Gasteiger partial charge in [-0.2, -0.15) is 0 Å². The summed E-state index contributed by atoms with van der Waals surface area (Å²) in [5.41, 5.74) is 2.30. The zero-order chi connectivity index (χ0) is 19.6. The molecule has 0 atom stereocenters. The van der Waals surface area contributed by atoms with Gasteiger partial charge >= 0.3 is 0 Å². The van der Waals surface area contributed by atoms with Crippen molar-refractivity contribution in [2.75, 3.05) is 4.90 Å². The van der Waals surface area contributed by atoms with Crippen molar-refractivity contribution in [2.45, 2.75) is 26.9 Å².